The minimum atomic E-state index is -0.169. The van der Waals surface area contributed by atoms with E-state index in [0.717, 1.165) is 30.2 Å². The number of nitriles is 1. The number of methoxy groups -OCH3 is 1. The molecule has 44 heavy (non-hydrogen) atoms. The van der Waals surface area contributed by atoms with Crippen LogP contribution in [0.25, 0.3) is 11.3 Å². The number of benzene rings is 2. The lowest BCUT2D eigenvalue weighted by atomic mass is 10.1. The summed E-state index contributed by atoms with van der Waals surface area (Å²) in [6.45, 7) is 4.94. The van der Waals surface area contributed by atoms with Crippen molar-refractivity contribution in [2.24, 2.45) is 0 Å². The number of anilines is 2. The van der Waals surface area contributed by atoms with Crippen molar-refractivity contribution in [3.63, 3.8) is 0 Å². The fraction of sp³-hybridized carbons (Fsp3) is 0.250. The summed E-state index contributed by atoms with van der Waals surface area (Å²) in [7, 11) is 1.61. The van der Waals surface area contributed by atoms with E-state index in [2.05, 4.69) is 26.3 Å². The molecule has 12 heteroatoms. The molecule has 0 atom stereocenters. The molecule has 11 nitrogen and oxygen atoms in total. The maximum absolute atomic E-state index is 12.9. The van der Waals surface area contributed by atoms with Crippen LogP contribution in [0.5, 0.6) is 5.75 Å². The van der Waals surface area contributed by atoms with Gasteiger partial charge in [0.15, 0.2) is 5.16 Å². The number of thioether (sulfide) groups is 1. The van der Waals surface area contributed by atoms with Crippen molar-refractivity contribution in [1.82, 2.24) is 24.8 Å². The van der Waals surface area contributed by atoms with E-state index in [9.17, 15) is 14.9 Å². The van der Waals surface area contributed by atoms with Crippen LogP contribution in [0, 0.1) is 11.3 Å². The first kappa shape index (κ1) is 30.5. The van der Waals surface area contributed by atoms with Gasteiger partial charge in [-0.3, -0.25) is 19.5 Å². The van der Waals surface area contributed by atoms with Crippen LogP contribution in [0.1, 0.15) is 34.2 Å². The predicted molar refractivity (Wildman–Crippen MR) is 169 cm³/mol. The number of nitrogens with one attached hydrogen (secondary N) is 1. The van der Waals surface area contributed by atoms with Crippen molar-refractivity contribution in [2.75, 3.05) is 44.3 Å². The van der Waals surface area contributed by atoms with E-state index in [1.54, 1.807) is 55.6 Å². The fourth-order valence-electron chi connectivity index (χ4n) is 4.85. The number of nitrogens with two attached hydrogens (primary N) is 1. The molecule has 1 fully saturated rings. The molecule has 0 aliphatic carbocycles. The Morgan fingerprint density at radius 3 is 2.34 bits per heavy atom. The van der Waals surface area contributed by atoms with Gasteiger partial charge in [-0.05, 0) is 48.5 Å². The van der Waals surface area contributed by atoms with E-state index >= 15 is 0 Å². The summed E-state index contributed by atoms with van der Waals surface area (Å²) >= 11 is 1.39. The normalized spacial score (nSPS) is 13.2. The molecule has 5 rings (SSSR count). The number of hydrogen-bond acceptors (Lipinski definition) is 10. The summed E-state index contributed by atoms with van der Waals surface area (Å²) in [5.41, 5.74) is 10.6. The minimum Gasteiger partial charge on any atom is -0.497 e. The highest BCUT2D eigenvalue weighted by Crippen LogP contribution is 2.29. The summed E-state index contributed by atoms with van der Waals surface area (Å²) in [5.74, 6) is 1.21. The summed E-state index contributed by atoms with van der Waals surface area (Å²) in [6, 6.07) is 22.3. The zero-order valence-corrected chi connectivity index (χ0v) is 25.3. The van der Waals surface area contributed by atoms with Gasteiger partial charge in [-0.25, -0.2) is 9.97 Å². The van der Waals surface area contributed by atoms with Crippen molar-refractivity contribution in [3.8, 4) is 23.1 Å². The second-order valence-electron chi connectivity index (χ2n) is 10.2. The van der Waals surface area contributed by atoms with Crippen LogP contribution >= 0.6 is 11.8 Å². The average molecular weight is 609 g/mol. The van der Waals surface area contributed by atoms with Gasteiger partial charge in [-0.1, -0.05) is 30.0 Å². The van der Waals surface area contributed by atoms with Gasteiger partial charge < -0.3 is 20.7 Å². The molecule has 2 amide bonds. The van der Waals surface area contributed by atoms with Crippen LogP contribution in [-0.4, -0.2) is 69.9 Å². The summed E-state index contributed by atoms with van der Waals surface area (Å²) < 4.78 is 5.19. The number of carbonyl (C=O) groups is 2. The first-order valence-corrected chi connectivity index (χ1v) is 15.0. The molecular formula is C32H32N8O3S. The molecule has 1 aliphatic heterocycles. The first-order valence-electron chi connectivity index (χ1n) is 14.0. The van der Waals surface area contributed by atoms with Crippen LogP contribution in [0.3, 0.4) is 0 Å². The molecule has 4 aromatic rings. The maximum atomic E-state index is 12.9. The number of nitrogen functional groups attached to an aromatic ring is 1. The molecule has 0 unspecified atom stereocenters. The molecular weight excluding hydrogens is 576 g/mol. The Bertz CT molecular complexity index is 1680. The molecule has 1 aliphatic rings. The van der Waals surface area contributed by atoms with E-state index in [4.69, 9.17) is 15.5 Å². The highest BCUT2D eigenvalue weighted by Gasteiger charge is 2.22. The largest absolute Gasteiger partial charge is 0.497 e. The van der Waals surface area contributed by atoms with Gasteiger partial charge >= 0.3 is 0 Å². The highest BCUT2D eigenvalue weighted by atomic mass is 32.2. The van der Waals surface area contributed by atoms with E-state index in [-0.39, 0.29) is 23.2 Å². The first-order chi connectivity index (χ1) is 21.3. The molecule has 224 valence electrons. The van der Waals surface area contributed by atoms with Gasteiger partial charge in [0.05, 0.1) is 24.2 Å². The number of hydrogen-bond donors (Lipinski definition) is 2. The highest BCUT2D eigenvalue weighted by molar-refractivity contribution is 7.98. The molecule has 0 spiro atoms. The Balaban J connectivity index is 1.19. The Morgan fingerprint density at radius 1 is 0.977 bits per heavy atom. The average Bonchev–Trinajstić information content (AvgIpc) is 3.04. The third-order valence-corrected chi connectivity index (χ3v) is 7.98. The van der Waals surface area contributed by atoms with Crippen LogP contribution < -0.4 is 15.8 Å². The van der Waals surface area contributed by atoms with Gasteiger partial charge in [0.2, 0.25) is 5.91 Å². The van der Waals surface area contributed by atoms with Crippen molar-refractivity contribution in [2.45, 2.75) is 24.4 Å². The van der Waals surface area contributed by atoms with Crippen molar-refractivity contribution >= 4 is 35.1 Å². The van der Waals surface area contributed by atoms with E-state index in [1.807, 2.05) is 23.1 Å². The van der Waals surface area contributed by atoms with Crippen LogP contribution in [0.4, 0.5) is 11.5 Å². The zero-order chi connectivity index (χ0) is 31.1. The number of nitrogens with zero attached hydrogens (tertiary/aromatic N) is 6. The Labute approximate surface area is 260 Å². The summed E-state index contributed by atoms with van der Waals surface area (Å²) in [5, 5.41) is 12.9. The fourth-order valence-corrected chi connectivity index (χ4v) is 5.60. The molecule has 3 N–H and O–H groups in total. The number of aromatic nitrogens is 3. The number of carbonyl (C=O) groups excluding carboxylic acids is 2. The monoisotopic (exact) mass is 608 g/mol. The quantitative estimate of drug-likeness (QED) is 0.209. The van der Waals surface area contributed by atoms with Crippen molar-refractivity contribution in [1.29, 1.82) is 5.26 Å². The smallest absolute Gasteiger partial charge is 0.253 e. The molecule has 2 aromatic heterocycles. The van der Waals surface area contributed by atoms with E-state index in [0.29, 0.717) is 53.1 Å². The summed E-state index contributed by atoms with van der Waals surface area (Å²) in [4.78, 5) is 42.3. The van der Waals surface area contributed by atoms with E-state index in [1.165, 1.54) is 18.7 Å². The molecule has 0 radical (unpaired) electrons. The van der Waals surface area contributed by atoms with Gasteiger partial charge in [-0.15, -0.1) is 0 Å². The zero-order valence-electron chi connectivity index (χ0n) is 24.5. The lowest BCUT2D eigenvalue weighted by Gasteiger charge is -2.34. The lowest BCUT2D eigenvalue weighted by molar-refractivity contribution is -0.114. The molecule has 3 heterocycles. The SMILES string of the molecule is COc1ccc(C(=O)N2CCN(Cc3cccc(CSc4nc(N)c(C#N)c(-c5ccc(NC(C)=O)cc5)n4)n3)CC2)cc1. The summed E-state index contributed by atoms with van der Waals surface area (Å²) in [6.07, 6.45) is 0. The van der Waals surface area contributed by atoms with Crippen molar-refractivity contribution in [3.05, 3.63) is 89.2 Å². The maximum Gasteiger partial charge on any atom is 0.253 e. The van der Waals surface area contributed by atoms with Crippen LogP contribution in [0.2, 0.25) is 0 Å². The number of amides is 2. The van der Waals surface area contributed by atoms with Gasteiger partial charge in [0.25, 0.3) is 5.91 Å². The minimum absolute atomic E-state index is 0.0280. The van der Waals surface area contributed by atoms with Gasteiger partial charge in [-0.2, -0.15) is 5.26 Å². The van der Waals surface area contributed by atoms with E-state index < -0.39 is 0 Å². The number of ether oxygens (including phenoxy) is 1. The lowest BCUT2D eigenvalue weighted by Crippen LogP contribution is -2.48. The second-order valence-corrected chi connectivity index (χ2v) is 11.1. The standard InChI is InChI=1S/C32H32N8O3S/c1-21(41)35-24-10-6-22(7-11-24)29-28(18-33)30(34)38-32(37-29)44-20-26-5-3-4-25(36-26)19-39-14-16-40(17-15-39)31(42)23-8-12-27(43-2)13-9-23/h3-13H,14-17,19-20H2,1-2H3,(H,35,41)(H2,34,37,38). The van der Waals surface area contributed by atoms with Gasteiger partial charge in [0, 0.05) is 62.2 Å². The molecule has 1 saturated heterocycles. The topological polar surface area (TPSA) is 150 Å². The third kappa shape index (κ3) is 7.50. The Kier molecular flexibility index (Phi) is 9.69. The molecule has 2 aromatic carbocycles. The number of pyridine rings is 1. The van der Waals surface area contributed by atoms with Crippen molar-refractivity contribution < 1.29 is 14.3 Å². The van der Waals surface area contributed by atoms with Crippen LogP contribution in [0.15, 0.2) is 71.9 Å². The van der Waals surface area contributed by atoms with Gasteiger partial charge in [0.1, 0.15) is 23.2 Å². The Hall–Kier alpha value is -4.99. The predicted octanol–water partition coefficient (Wildman–Crippen LogP) is 4.21. The molecule has 0 saturated carbocycles. The number of piperazine rings is 1. The second kappa shape index (κ2) is 14.0. The Morgan fingerprint density at radius 2 is 1.68 bits per heavy atom. The molecule has 0 bridgehead atoms. The third-order valence-electron chi connectivity index (χ3n) is 7.10. The van der Waals surface area contributed by atoms with Crippen LogP contribution in [-0.2, 0) is 17.1 Å². The number of rotatable bonds is 9.